The molecule has 2 unspecified atom stereocenters. The van der Waals surface area contributed by atoms with Crippen molar-refractivity contribution < 1.29 is 38.1 Å². The third kappa shape index (κ3) is 9.71. The van der Waals surface area contributed by atoms with Crippen molar-refractivity contribution in [1.82, 2.24) is 5.32 Å². The number of alkyl carbamates (subject to hydrolysis) is 1. The second kappa shape index (κ2) is 14.5. The molecule has 220 valence electrons. The third-order valence-electron chi connectivity index (χ3n) is 6.86. The van der Waals surface area contributed by atoms with E-state index in [-0.39, 0.29) is 35.9 Å². The van der Waals surface area contributed by atoms with Gasteiger partial charge in [0.05, 0.1) is 25.7 Å². The number of benzene rings is 1. The molecule has 2 rings (SSSR count). The number of methoxy groups -OCH3 is 2. The first-order chi connectivity index (χ1) is 18.3. The number of Topliss-reactive ketones (excluding diaryl/α,β-unsaturated/α-hetero) is 1. The number of nitrogens with one attached hydrogen (secondary N) is 1. The van der Waals surface area contributed by atoms with Gasteiger partial charge in [0.25, 0.3) is 0 Å². The zero-order chi connectivity index (χ0) is 29.3. The van der Waals surface area contributed by atoms with Gasteiger partial charge in [0, 0.05) is 31.6 Å². The van der Waals surface area contributed by atoms with Gasteiger partial charge in [0.2, 0.25) is 0 Å². The molecule has 1 aliphatic rings. The first-order valence-electron chi connectivity index (χ1n) is 13.8. The van der Waals surface area contributed by atoms with Crippen molar-refractivity contribution in [1.29, 1.82) is 0 Å². The van der Waals surface area contributed by atoms with E-state index >= 15 is 0 Å². The molecule has 0 aliphatic carbocycles. The van der Waals surface area contributed by atoms with Crippen molar-refractivity contribution in [3.8, 4) is 11.5 Å². The lowest BCUT2D eigenvalue weighted by Crippen LogP contribution is -2.47. The average molecular weight is 550 g/mol. The van der Waals surface area contributed by atoms with Crippen molar-refractivity contribution >= 4 is 17.8 Å². The summed E-state index contributed by atoms with van der Waals surface area (Å²) in [4.78, 5) is 39.2. The molecule has 0 aromatic heterocycles. The lowest BCUT2D eigenvalue weighted by Gasteiger charge is -2.30. The highest BCUT2D eigenvalue weighted by molar-refractivity contribution is 5.98. The van der Waals surface area contributed by atoms with Crippen LogP contribution in [0.4, 0.5) is 4.79 Å². The molecule has 1 amide bonds. The van der Waals surface area contributed by atoms with Crippen LogP contribution in [-0.2, 0) is 19.0 Å². The van der Waals surface area contributed by atoms with Crippen LogP contribution in [0, 0.1) is 23.7 Å². The Morgan fingerprint density at radius 2 is 1.77 bits per heavy atom. The van der Waals surface area contributed by atoms with Gasteiger partial charge in [-0.2, -0.15) is 0 Å². The second-order valence-corrected chi connectivity index (χ2v) is 11.8. The van der Waals surface area contributed by atoms with Gasteiger partial charge in [0.15, 0.2) is 17.3 Å². The van der Waals surface area contributed by atoms with E-state index in [1.807, 2.05) is 27.7 Å². The molecule has 0 bridgehead atoms. The summed E-state index contributed by atoms with van der Waals surface area (Å²) in [6.45, 7) is 14.2. The van der Waals surface area contributed by atoms with Crippen molar-refractivity contribution in [2.45, 2.75) is 85.5 Å². The van der Waals surface area contributed by atoms with Crippen LogP contribution in [0.5, 0.6) is 11.5 Å². The molecule has 4 atom stereocenters. The quantitative estimate of drug-likeness (QED) is 0.186. The molecule has 39 heavy (non-hydrogen) atoms. The van der Waals surface area contributed by atoms with E-state index in [1.54, 1.807) is 53.2 Å². The normalized spacial score (nSPS) is 19.0. The number of hydrogen-bond acceptors (Lipinski definition) is 8. The molecule has 1 aliphatic heterocycles. The van der Waals surface area contributed by atoms with Gasteiger partial charge >= 0.3 is 12.1 Å². The van der Waals surface area contributed by atoms with Gasteiger partial charge in [-0.25, -0.2) is 4.79 Å². The molecule has 0 spiro atoms. The average Bonchev–Trinajstić information content (AvgIpc) is 3.24. The fraction of sp³-hybridized carbons (Fsp3) is 0.700. The van der Waals surface area contributed by atoms with Gasteiger partial charge in [-0.15, -0.1) is 0 Å². The molecule has 1 N–H and O–H groups in total. The molecule has 1 fully saturated rings. The molecule has 1 heterocycles. The highest BCUT2D eigenvalue weighted by Gasteiger charge is 2.43. The summed E-state index contributed by atoms with van der Waals surface area (Å²) in [5, 5.41) is 2.91. The van der Waals surface area contributed by atoms with E-state index in [2.05, 4.69) is 5.32 Å². The Bertz CT molecular complexity index is 968. The van der Waals surface area contributed by atoms with Crippen molar-refractivity contribution in [3.05, 3.63) is 23.8 Å². The fourth-order valence-corrected chi connectivity index (χ4v) is 4.68. The van der Waals surface area contributed by atoms with Crippen LogP contribution in [-0.4, -0.2) is 63.0 Å². The van der Waals surface area contributed by atoms with Gasteiger partial charge in [-0.05, 0) is 63.6 Å². The van der Waals surface area contributed by atoms with E-state index in [0.717, 1.165) is 0 Å². The molecule has 9 nitrogen and oxygen atoms in total. The number of esters is 1. The first-order valence-corrected chi connectivity index (χ1v) is 13.8. The zero-order valence-electron chi connectivity index (χ0n) is 25.0. The monoisotopic (exact) mass is 549 g/mol. The number of ether oxygens (including phenoxy) is 5. The van der Waals surface area contributed by atoms with Crippen LogP contribution in [0.1, 0.15) is 78.1 Å². The summed E-state index contributed by atoms with van der Waals surface area (Å²) in [5.41, 5.74) is -0.215. The molecule has 1 aromatic carbocycles. The summed E-state index contributed by atoms with van der Waals surface area (Å²) in [6.07, 6.45) is 0.291. The van der Waals surface area contributed by atoms with Gasteiger partial charge < -0.3 is 29.0 Å². The Labute approximate surface area is 233 Å². The van der Waals surface area contributed by atoms with E-state index < -0.39 is 29.8 Å². The lowest BCUT2D eigenvalue weighted by atomic mass is 9.80. The maximum atomic E-state index is 13.8. The molecular formula is C30H47NO8. The number of carbonyl (C=O) groups excluding carboxylic acids is 3. The number of carbonyl (C=O) groups is 3. The zero-order valence-corrected chi connectivity index (χ0v) is 25.0. The fourth-order valence-electron chi connectivity index (χ4n) is 4.68. The van der Waals surface area contributed by atoms with Crippen molar-refractivity contribution in [2.24, 2.45) is 23.7 Å². The summed E-state index contributed by atoms with van der Waals surface area (Å²) in [5.74, 6) is -0.0107. The summed E-state index contributed by atoms with van der Waals surface area (Å²) in [6, 6.07) is 4.55. The highest BCUT2D eigenvalue weighted by atomic mass is 16.6. The predicted octanol–water partition coefficient (Wildman–Crippen LogP) is 5.44. The van der Waals surface area contributed by atoms with E-state index in [1.165, 1.54) is 0 Å². The highest BCUT2D eigenvalue weighted by Crippen LogP contribution is 2.34. The van der Waals surface area contributed by atoms with E-state index in [0.29, 0.717) is 43.1 Å². The van der Waals surface area contributed by atoms with Crippen LogP contribution in [0.15, 0.2) is 18.2 Å². The number of amides is 1. The van der Waals surface area contributed by atoms with Gasteiger partial charge in [-0.1, -0.05) is 27.7 Å². The van der Waals surface area contributed by atoms with Crippen LogP contribution in [0.3, 0.4) is 0 Å². The van der Waals surface area contributed by atoms with Crippen LogP contribution in [0.25, 0.3) is 0 Å². The summed E-state index contributed by atoms with van der Waals surface area (Å²) < 4.78 is 27.6. The van der Waals surface area contributed by atoms with E-state index in [4.69, 9.17) is 23.7 Å². The molecular weight excluding hydrogens is 502 g/mol. The lowest BCUT2D eigenvalue weighted by molar-refractivity contribution is -0.146. The molecule has 0 saturated carbocycles. The van der Waals surface area contributed by atoms with Crippen molar-refractivity contribution in [2.75, 3.05) is 27.4 Å². The number of rotatable bonds is 14. The Balaban J connectivity index is 2.32. The molecule has 0 radical (unpaired) electrons. The minimum Gasteiger partial charge on any atom is -0.493 e. The van der Waals surface area contributed by atoms with Gasteiger partial charge in [-0.3, -0.25) is 9.59 Å². The first kappa shape index (κ1) is 32.4. The Morgan fingerprint density at radius 1 is 1.08 bits per heavy atom. The smallest absolute Gasteiger partial charge is 0.408 e. The maximum Gasteiger partial charge on any atom is 0.408 e. The minimum absolute atomic E-state index is 0.0494. The Morgan fingerprint density at radius 3 is 2.31 bits per heavy atom. The van der Waals surface area contributed by atoms with Crippen LogP contribution in [0.2, 0.25) is 0 Å². The maximum absolute atomic E-state index is 13.8. The summed E-state index contributed by atoms with van der Waals surface area (Å²) in [7, 11) is 3.18. The van der Waals surface area contributed by atoms with Gasteiger partial charge in [0.1, 0.15) is 11.7 Å². The molecule has 1 saturated heterocycles. The van der Waals surface area contributed by atoms with Crippen LogP contribution >= 0.6 is 0 Å². The minimum atomic E-state index is -0.697. The second-order valence-electron chi connectivity index (χ2n) is 11.8. The standard InChI is InChI=1S/C30H47NO8/c1-18(2)21(27(32)20-11-12-24(36-9)26(15-20)37-14-10-13-35-8)16-23(31-29(34)39-30(5,6)7)25-17-22(19(3)4)28(33)38-25/h11-12,15,18-19,21-23,25H,10,13-14,16-17H2,1-9H3,(H,31,34)/t21-,22-,23?,25?/m0/s1. The Hall–Kier alpha value is -2.81. The third-order valence-corrected chi connectivity index (χ3v) is 6.86. The SMILES string of the molecule is COCCCOc1cc(C(=O)[C@@H](CC(NC(=O)OC(C)(C)C)C2C[C@@H](C(C)C)C(=O)O2)C(C)C)ccc1OC. The number of ketones is 1. The van der Waals surface area contributed by atoms with E-state index in [9.17, 15) is 14.4 Å². The topological polar surface area (TPSA) is 109 Å². The number of hydrogen-bond donors (Lipinski definition) is 1. The predicted molar refractivity (Wildman–Crippen MR) is 148 cm³/mol. The van der Waals surface area contributed by atoms with Crippen LogP contribution < -0.4 is 14.8 Å². The molecule has 1 aromatic rings. The summed E-state index contributed by atoms with van der Waals surface area (Å²) >= 11 is 0. The number of cyclic esters (lactones) is 1. The largest absolute Gasteiger partial charge is 0.493 e. The Kier molecular flexibility index (Phi) is 12.1. The van der Waals surface area contributed by atoms with Crippen molar-refractivity contribution in [3.63, 3.8) is 0 Å². The molecule has 9 heteroatoms.